The number of hydrogen-bond donors (Lipinski definition) is 1. The van der Waals surface area contributed by atoms with Crippen LogP contribution in [0, 0.1) is 5.82 Å². The summed E-state index contributed by atoms with van der Waals surface area (Å²) in [5, 5.41) is 3.37. The molecule has 0 aliphatic carbocycles. The lowest BCUT2D eigenvalue weighted by Crippen LogP contribution is -2.24. The quantitative estimate of drug-likeness (QED) is 0.851. The van der Waals surface area contributed by atoms with E-state index in [1.807, 2.05) is 6.08 Å². The number of nitrogens with one attached hydrogen (secondary N) is 1. The van der Waals surface area contributed by atoms with E-state index in [1.165, 1.54) is 11.6 Å². The van der Waals surface area contributed by atoms with Gasteiger partial charge in [0.15, 0.2) is 0 Å². The molecule has 0 radical (unpaired) electrons. The molecule has 0 aromatic heterocycles. The van der Waals surface area contributed by atoms with Gasteiger partial charge in [0, 0.05) is 17.1 Å². The molecule has 0 bridgehead atoms. The van der Waals surface area contributed by atoms with Crippen LogP contribution >= 0.6 is 15.9 Å². The van der Waals surface area contributed by atoms with Gasteiger partial charge < -0.3 is 5.32 Å². The average Bonchev–Trinajstić information content (AvgIpc) is 2.28. The fourth-order valence-electron chi connectivity index (χ4n) is 1.46. The van der Waals surface area contributed by atoms with E-state index < -0.39 is 0 Å². The predicted molar refractivity (Wildman–Crippen MR) is 75.5 cm³/mol. The molecule has 1 aromatic rings. The van der Waals surface area contributed by atoms with Crippen LogP contribution in [0.5, 0.6) is 0 Å². The molecule has 0 atom stereocenters. The van der Waals surface area contributed by atoms with Gasteiger partial charge in [-0.15, -0.1) is 0 Å². The van der Waals surface area contributed by atoms with Gasteiger partial charge in [-0.1, -0.05) is 48.4 Å². The van der Waals surface area contributed by atoms with E-state index in [9.17, 15) is 4.39 Å². The Bertz CT molecular complexity index is 399. The molecule has 0 aliphatic rings. The second kappa shape index (κ2) is 6.92. The Hall–Kier alpha value is -0.670. The Morgan fingerprint density at radius 1 is 1.47 bits per heavy atom. The number of rotatable bonds is 5. The minimum absolute atomic E-state index is 0.202. The third kappa shape index (κ3) is 5.00. The van der Waals surface area contributed by atoms with Crippen LogP contribution in [0.3, 0.4) is 0 Å². The molecule has 0 unspecified atom stereocenters. The number of benzene rings is 1. The van der Waals surface area contributed by atoms with Crippen LogP contribution in [-0.4, -0.2) is 12.6 Å². The van der Waals surface area contributed by atoms with Crippen molar-refractivity contribution >= 4 is 22.0 Å². The monoisotopic (exact) mass is 299 g/mol. The largest absolute Gasteiger partial charge is 0.311 e. The lowest BCUT2D eigenvalue weighted by atomic mass is 10.1. The molecule has 1 aromatic carbocycles. The van der Waals surface area contributed by atoms with Crippen molar-refractivity contribution in [2.24, 2.45) is 0 Å². The van der Waals surface area contributed by atoms with E-state index in [0.717, 1.165) is 23.0 Å². The van der Waals surface area contributed by atoms with Gasteiger partial charge in [-0.25, -0.2) is 4.39 Å². The molecule has 1 N–H and O–H groups in total. The summed E-state index contributed by atoms with van der Waals surface area (Å²) >= 11 is 3.44. The molecule has 0 fully saturated rings. The van der Waals surface area contributed by atoms with Gasteiger partial charge in [0.05, 0.1) is 0 Å². The van der Waals surface area contributed by atoms with Crippen molar-refractivity contribution < 1.29 is 4.39 Å². The number of hydrogen-bond acceptors (Lipinski definition) is 1. The van der Waals surface area contributed by atoms with Crippen LogP contribution in [0.4, 0.5) is 4.39 Å². The average molecular weight is 300 g/mol. The van der Waals surface area contributed by atoms with E-state index in [2.05, 4.69) is 42.0 Å². The molecular formula is C14H19BrFN. The summed E-state index contributed by atoms with van der Waals surface area (Å²) in [6.07, 6.45) is 3.01. The van der Waals surface area contributed by atoms with Crippen LogP contribution in [0.1, 0.15) is 32.8 Å². The maximum Gasteiger partial charge on any atom is 0.123 e. The summed E-state index contributed by atoms with van der Waals surface area (Å²) in [6.45, 7) is 7.19. The van der Waals surface area contributed by atoms with Crippen LogP contribution in [0.2, 0.25) is 0 Å². The maximum atomic E-state index is 13.1. The Morgan fingerprint density at radius 3 is 2.76 bits per heavy atom. The second-order valence-electron chi connectivity index (χ2n) is 4.36. The van der Waals surface area contributed by atoms with Crippen molar-refractivity contribution in [3.63, 3.8) is 0 Å². The van der Waals surface area contributed by atoms with Crippen LogP contribution in [-0.2, 0) is 0 Å². The summed E-state index contributed by atoms with van der Waals surface area (Å²) in [4.78, 5) is 0. The molecule has 94 valence electrons. The highest BCUT2D eigenvalue weighted by Crippen LogP contribution is 2.21. The van der Waals surface area contributed by atoms with Crippen LogP contribution in [0.25, 0.3) is 6.08 Å². The van der Waals surface area contributed by atoms with Gasteiger partial charge in [-0.2, -0.15) is 0 Å². The molecule has 0 saturated heterocycles. The van der Waals surface area contributed by atoms with E-state index in [0.29, 0.717) is 6.04 Å². The highest BCUT2D eigenvalue weighted by atomic mass is 79.9. The molecule has 1 rings (SSSR count). The van der Waals surface area contributed by atoms with Gasteiger partial charge in [0.1, 0.15) is 5.82 Å². The van der Waals surface area contributed by atoms with Crippen molar-refractivity contribution in [2.75, 3.05) is 6.54 Å². The minimum atomic E-state index is -0.202. The first-order valence-electron chi connectivity index (χ1n) is 5.90. The SMILES string of the molecule is CC/C(=C/c1cc(F)ccc1Br)CNC(C)C. The molecule has 1 nitrogen and oxygen atoms in total. The third-order valence-corrected chi connectivity index (χ3v) is 3.23. The Kier molecular flexibility index (Phi) is 5.86. The highest BCUT2D eigenvalue weighted by Gasteiger charge is 2.02. The molecule has 0 spiro atoms. The summed E-state index contributed by atoms with van der Waals surface area (Å²) < 4.78 is 14.1. The molecule has 0 amide bonds. The molecule has 3 heteroatoms. The molecular weight excluding hydrogens is 281 g/mol. The zero-order valence-electron chi connectivity index (χ0n) is 10.6. The lowest BCUT2D eigenvalue weighted by molar-refractivity contribution is 0.616. The topological polar surface area (TPSA) is 12.0 Å². The van der Waals surface area contributed by atoms with E-state index in [4.69, 9.17) is 0 Å². The fourth-order valence-corrected chi connectivity index (χ4v) is 1.82. The Morgan fingerprint density at radius 2 is 2.18 bits per heavy atom. The molecule has 0 heterocycles. The zero-order valence-corrected chi connectivity index (χ0v) is 12.1. The molecule has 17 heavy (non-hydrogen) atoms. The van der Waals surface area contributed by atoms with E-state index in [-0.39, 0.29) is 5.82 Å². The van der Waals surface area contributed by atoms with E-state index in [1.54, 1.807) is 12.1 Å². The first kappa shape index (κ1) is 14.4. The summed E-state index contributed by atoms with van der Waals surface area (Å²) in [5.74, 6) is -0.202. The van der Waals surface area contributed by atoms with Crippen LogP contribution < -0.4 is 5.32 Å². The van der Waals surface area contributed by atoms with Crippen molar-refractivity contribution in [3.05, 3.63) is 39.6 Å². The summed E-state index contributed by atoms with van der Waals surface area (Å²) in [7, 11) is 0. The summed E-state index contributed by atoms with van der Waals surface area (Å²) in [6, 6.07) is 5.21. The first-order valence-corrected chi connectivity index (χ1v) is 6.70. The van der Waals surface area contributed by atoms with Crippen LogP contribution in [0.15, 0.2) is 28.2 Å². The second-order valence-corrected chi connectivity index (χ2v) is 5.21. The Balaban J connectivity index is 2.86. The van der Waals surface area contributed by atoms with E-state index >= 15 is 0 Å². The van der Waals surface area contributed by atoms with Gasteiger partial charge in [0.25, 0.3) is 0 Å². The lowest BCUT2D eigenvalue weighted by Gasteiger charge is -2.10. The zero-order chi connectivity index (χ0) is 12.8. The highest BCUT2D eigenvalue weighted by molar-refractivity contribution is 9.10. The smallest absolute Gasteiger partial charge is 0.123 e. The van der Waals surface area contributed by atoms with Crippen molar-refractivity contribution in [1.82, 2.24) is 5.32 Å². The summed E-state index contributed by atoms with van der Waals surface area (Å²) in [5.41, 5.74) is 2.16. The van der Waals surface area contributed by atoms with Crippen molar-refractivity contribution in [1.29, 1.82) is 0 Å². The number of halogens is 2. The van der Waals surface area contributed by atoms with Gasteiger partial charge in [-0.3, -0.25) is 0 Å². The Labute approximate surface area is 111 Å². The van der Waals surface area contributed by atoms with Gasteiger partial charge in [-0.05, 0) is 30.2 Å². The fraction of sp³-hybridized carbons (Fsp3) is 0.429. The van der Waals surface area contributed by atoms with Gasteiger partial charge in [0.2, 0.25) is 0 Å². The molecule has 0 saturated carbocycles. The minimum Gasteiger partial charge on any atom is -0.311 e. The molecule has 0 aliphatic heterocycles. The maximum absolute atomic E-state index is 13.1. The first-order chi connectivity index (χ1) is 8.02. The standard InChI is InChI=1S/C14H19BrFN/c1-4-11(9-17-10(2)3)7-12-8-13(16)5-6-14(12)15/h5-8,10,17H,4,9H2,1-3H3/b11-7-. The van der Waals surface area contributed by atoms with Crippen molar-refractivity contribution in [3.8, 4) is 0 Å². The third-order valence-electron chi connectivity index (χ3n) is 2.51. The van der Waals surface area contributed by atoms with Gasteiger partial charge >= 0.3 is 0 Å². The normalized spacial score (nSPS) is 12.2. The van der Waals surface area contributed by atoms with Crippen molar-refractivity contribution in [2.45, 2.75) is 33.2 Å². The predicted octanol–water partition coefficient (Wildman–Crippen LogP) is 4.38.